The van der Waals surface area contributed by atoms with Crippen molar-refractivity contribution in [2.24, 2.45) is 0 Å². The lowest BCUT2D eigenvalue weighted by molar-refractivity contribution is -0.138. The fourth-order valence-electron chi connectivity index (χ4n) is 3.20. The molecule has 0 aliphatic rings. The number of benzene rings is 1. The van der Waals surface area contributed by atoms with E-state index in [9.17, 15) is 22.4 Å². The molecule has 6 heteroatoms. The quantitative estimate of drug-likeness (QED) is 0.191. The first kappa shape index (κ1) is 24.4. The topological polar surface area (TPSA) is 26.3 Å². The van der Waals surface area contributed by atoms with Crippen LogP contribution in [0, 0.1) is 5.82 Å². The smallest absolute Gasteiger partial charge is 0.417 e. The molecule has 1 aromatic carbocycles. The molecule has 0 aliphatic heterocycles. The van der Waals surface area contributed by atoms with Gasteiger partial charge in [0.25, 0.3) is 0 Å². The Labute approximate surface area is 165 Å². The highest BCUT2D eigenvalue weighted by molar-refractivity contribution is 5.91. The first-order valence-electron chi connectivity index (χ1n) is 10.4. The molecule has 0 bridgehead atoms. The molecule has 0 radical (unpaired) electrons. The summed E-state index contributed by atoms with van der Waals surface area (Å²) >= 11 is 0. The summed E-state index contributed by atoms with van der Waals surface area (Å²) in [7, 11) is 0. The van der Waals surface area contributed by atoms with E-state index in [-0.39, 0.29) is 0 Å². The molecular formula is C22H32F4O2. The SMILES string of the molecule is CCCCCCCCCC(CCCC)OC(=O)c1c(F)cccc1C(F)(F)F. The van der Waals surface area contributed by atoms with Crippen molar-refractivity contribution < 1.29 is 27.1 Å². The molecule has 1 atom stereocenters. The van der Waals surface area contributed by atoms with E-state index >= 15 is 0 Å². The Kier molecular flexibility index (Phi) is 11.2. The maximum absolute atomic E-state index is 14.0. The molecule has 0 aliphatic carbocycles. The molecule has 28 heavy (non-hydrogen) atoms. The number of carbonyl (C=O) groups excluding carboxylic acids is 1. The van der Waals surface area contributed by atoms with Gasteiger partial charge in [0.2, 0.25) is 0 Å². The number of carbonyl (C=O) groups is 1. The monoisotopic (exact) mass is 404 g/mol. The van der Waals surface area contributed by atoms with Crippen LogP contribution < -0.4 is 0 Å². The Balaban J connectivity index is 2.70. The largest absolute Gasteiger partial charge is 0.459 e. The zero-order valence-electron chi connectivity index (χ0n) is 16.9. The van der Waals surface area contributed by atoms with Gasteiger partial charge in [-0.15, -0.1) is 0 Å². The maximum Gasteiger partial charge on any atom is 0.417 e. The molecule has 0 saturated heterocycles. The normalized spacial score (nSPS) is 12.8. The second-order valence-electron chi connectivity index (χ2n) is 7.24. The van der Waals surface area contributed by atoms with Crippen molar-refractivity contribution in [1.82, 2.24) is 0 Å². The Morgan fingerprint density at radius 3 is 2.11 bits per heavy atom. The van der Waals surface area contributed by atoms with Crippen LogP contribution in [0.15, 0.2) is 18.2 Å². The van der Waals surface area contributed by atoms with Gasteiger partial charge in [0.15, 0.2) is 0 Å². The first-order chi connectivity index (χ1) is 13.3. The van der Waals surface area contributed by atoms with Crippen molar-refractivity contribution in [2.75, 3.05) is 0 Å². The summed E-state index contributed by atoms with van der Waals surface area (Å²) in [5.74, 6) is -2.43. The van der Waals surface area contributed by atoms with Gasteiger partial charge in [0.05, 0.1) is 5.56 Å². The summed E-state index contributed by atoms with van der Waals surface area (Å²) in [4.78, 5) is 12.4. The third-order valence-electron chi connectivity index (χ3n) is 4.81. The predicted molar refractivity (Wildman–Crippen MR) is 103 cm³/mol. The highest BCUT2D eigenvalue weighted by atomic mass is 19.4. The molecule has 160 valence electrons. The lowest BCUT2D eigenvalue weighted by Crippen LogP contribution is -2.22. The number of halogens is 4. The van der Waals surface area contributed by atoms with Gasteiger partial charge < -0.3 is 4.74 Å². The van der Waals surface area contributed by atoms with E-state index in [4.69, 9.17) is 4.74 Å². The number of esters is 1. The molecule has 0 fully saturated rings. The molecular weight excluding hydrogens is 372 g/mol. The fraction of sp³-hybridized carbons (Fsp3) is 0.682. The van der Waals surface area contributed by atoms with Crippen LogP contribution in [0.1, 0.15) is 100 Å². The lowest BCUT2D eigenvalue weighted by atomic mass is 10.0. The van der Waals surface area contributed by atoms with Gasteiger partial charge in [-0.25, -0.2) is 9.18 Å². The van der Waals surface area contributed by atoms with Crippen LogP contribution in [0.5, 0.6) is 0 Å². The first-order valence-corrected chi connectivity index (χ1v) is 10.4. The summed E-state index contributed by atoms with van der Waals surface area (Å²) in [6, 6.07) is 2.50. The average molecular weight is 404 g/mol. The van der Waals surface area contributed by atoms with Crippen LogP contribution in [0.2, 0.25) is 0 Å². The number of ether oxygens (including phenoxy) is 1. The molecule has 0 spiro atoms. The van der Waals surface area contributed by atoms with Crippen LogP contribution in [-0.4, -0.2) is 12.1 Å². The number of alkyl halides is 3. The molecule has 0 N–H and O–H groups in total. The van der Waals surface area contributed by atoms with Gasteiger partial charge >= 0.3 is 12.1 Å². The Bertz CT molecular complexity index is 584. The number of hydrogen-bond acceptors (Lipinski definition) is 2. The lowest BCUT2D eigenvalue weighted by Gasteiger charge is -2.19. The second kappa shape index (κ2) is 12.8. The van der Waals surface area contributed by atoms with Crippen molar-refractivity contribution in [3.8, 4) is 0 Å². The Hall–Kier alpha value is -1.59. The molecule has 0 saturated carbocycles. The van der Waals surface area contributed by atoms with Gasteiger partial charge in [-0.05, 0) is 31.4 Å². The molecule has 2 nitrogen and oxygen atoms in total. The molecule has 0 heterocycles. The predicted octanol–water partition coefficient (Wildman–Crippen LogP) is 7.70. The standard InChI is InChI=1S/C22H32F4O2/c1-3-5-7-8-9-10-11-14-17(13-6-4-2)28-21(27)20-18(22(24,25)26)15-12-16-19(20)23/h12,15-17H,3-11,13-14H2,1-2H3. The van der Waals surface area contributed by atoms with Crippen LogP contribution in [0.3, 0.4) is 0 Å². The van der Waals surface area contributed by atoms with Crippen molar-refractivity contribution in [2.45, 2.75) is 96.8 Å². The van der Waals surface area contributed by atoms with E-state index in [0.717, 1.165) is 50.7 Å². The van der Waals surface area contributed by atoms with E-state index < -0.39 is 35.2 Å². The molecule has 1 unspecified atom stereocenters. The van der Waals surface area contributed by atoms with Crippen LogP contribution in [-0.2, 0) is 10.9 Å². The zero-order valence-corrected chi connectivity index (χ0v) is 16.9. The van der Waals surface area contributed by atoms with Gasteiger partial charge in [0, 0.05) is 0 Å². The van der Waals surface area contributed by atoms with Gasteiger partial charge in [-0.1, -0.05) is 71.3 Å². The van der Waals surface area contributed by atoms with Gasteiger partial charge in [-0.3, -0.25) is 0 Å². The van der Waals surface area contributed by atoms with Crippen LogP contribution in [0.25, 0.3) is 0 Å². The number of unbranched alkanes of at least 4 members (excludes halogenated alkanes) is 7. The minimum absolute atomic E-state index is 0.483. The minimum Gasteiger partial charge on any atom is -0.459 e. The minimum atomic E-state index is -4.81. The van der Waals surface area contributed by atoms with Crippen LogP contribution >= 0.6 is 0 Å². The maximum atomic E-state index is 14.0. The highest BCUT2D eigenvalue weighted by Gasteiger charge is 2.37. The molecule has 0 aromatic heterocycles. The summed E-state index contributed by atoms with van der Waals surface area (Å²) in [5.41, 5.74) is -2.31. The van der Waals surface area contributed by atoms with E-state index in [2.05, 4.69) is 6.92 Å². The second-order valence-corrected chi connectivity index (χ2v) is 7.24. The molecule has 0 amide bonds. The Morgan fingerprint density at radius 1 is 0.929 bits per heavy atom. The summed E-state index contributed by atoms with van der Waals surface area (Å²) in [6.07, 6.45) is 5.28. The van der Waals surface area contributed by atoms with Crippen molar-refractivity contribution in [3.63, 3.8) is 0 Å². The fourth-order valence-corrected chi connectivity index (χ4v) is 3.20. The van der Waals surface area contributed by atoms with E-state index in [1.165, 1.54) is 19.3 Å². The molecule has 1 rings (SSSR count). The van der Waals surface area contributed by atoms with E-state index in [1.54, 1.807) is 0 Å². The van der Waals surface area contributed by atoms with Crippen molar-refractivity contribution in [3.05, 3.63) is 35.1 Å². The summed E-state index contributed by atoms with van der Waals surface area (Å²) in [6.45, 7) is 4.15. The third-order valence-corrected chi connectivity index (χ3v) is 4.81. The summed E-state index contributed by atoms with van der Waals surface area (Å²) < 4.78 is 58.7. The van der Waals surface area contributed by atoms with Crippen molar-refractivity contribution in [1.29, 1.82) is 0 Å². The zero-order chi connectivity index (χ0) is 21.0. The Morgan fingerprint density at radius 2 is 1.50 bits per heavy atom. The van der Waals surface area contributed by atoms with Crippen LogP contribution in [0.4, 0.5) is 17.6 Å². The third kappa shape index (κ3) is 8.61. The van der Waals surface area contributed by atoms with E-state index in [1.807, 2.05) is 6.92 Å². The average Bonchev–Trinajstić information content (AvgIpc) is 2.64. The van der Waals surface area contributed by atoms with Crippen molar-refractivity contribution >= 4 is 5.97 Å². The summed E-state index contributed by atoms with van der Waals surface area (Å²) in [5, 5.41) is 0. The van der Waals surface area contributed by atoms with Gasteiger partial charge in [0.1, 0.15) is 17.5 Å². The number of rotatable bonds is 13. The number of hydrogen-bond donors (Lipinski definition) is 0. The van der Waals surface area contributed by atoms with E-state index in [0.29, 0.717) is 18.9 Å². The van der Waals surface area contributed by atoms with Gasteiger partial charge in [-0.2, -0.15) is 13.2 Å². The molecule has 1 aromatic rings. The highest BCUT2D eigenvalue weighted by Crippen LogP contribution is 2.33.